The Hall–Kier alpha value is -3.19. The van der Waals surface area contributed by atoms with Gasteiger partial charge in [-0.3, -0.25) is 9.48 Å². The molecular formula is C25H28N4O3. The summed E-state index contributed by atoms with van der Waals surface area (Å²) in [7, 11) is 3.41. The van der Waals surface area contributed by atoms with Gasteiger partial charge in [0.15, 0.2) is 0 Å². The largest absolute Gasteiger partial charge is 0.481 e. The van der Waals surface area contributed by atoms with Crippen LogP contribution in [0.1, 0.15) is 42.9 Å². The smallest absolute Gasteiger partial charge is 0.259 e. The Balaban J connectivity index is 1.66. The number of pyridine rings is 2. The molecule has 0 aliphatic heterocycles. The third kappa shape index (κ3) is 3.28. The molecule has 0 bridgehead atoms. The maximum absolute atomic E-state index is 12.9. The Labute approximate surface area is 186 Å². The summed E-state index contributed by atoms with van der Waals surface area (Å²) in [6.07, 6.45) is 7.86. The number of fused-ring (bicyclic) bond motifs is 3. The summed E-state index contributed by atoms with van der Waals surface area (Å²) in [6, 6.07) is 6.52. The topological polar surface area (TPSA) is 82.0 Å². The summed E-state index contributed by atoms with van der Waals surface area (Å²) >= 11 is 0. The molecule has 0 atom stereocenters. The van der Waals surface area contributed by atoms with Crippen LogP contribution in [0.3, 0.4) is 0 Å². The van der Waals surface area contributed by atoms with Crippen LogP contribution in [0.5, 0.6) is 5.88 Å². The number of aryl methyl sites for hydroxylation is 1. The fourth-order valence-electron chi connectivity index (χ4n) is 5.17. The van der Waals surface area contributed by atoms with Crippen molar-refractivity contribution < 1.29 is 9.47 Å². The van der Waals surface area contributed by atoms with Crippen molar-refractivity contribution in [3.8, 4) is 17.0 Å². The second-order valence-corrected chi connectivity index (χ2v) is 8.68. The van der Waals surface area contributed by atoms with Gasteiger partial charge in [0, 0.05) is 24.3 Å². The highest BCUT2D eigenvalue weighted by Crippen LogP contribution is 2.36. The van der Waals surface area contributed by atoms with E-state index in [0.29, 0.717) is 17.4 Å². The van der Waals surface area contributed by atoms with Crippen molar-refractivity contribution in [2.24, 2.45) is 0 Å². The number of benzene rings is 1. The number of rotatable bonds is 4. The average Bonchev–Trinajstić information content (AvgIpc) is 3.25. The number of nitrogens with zero attached hydrogens (tertiary/aromatic N) is 3. The average molecular weight is 433 g/mol. The highest BCUT2D eigenvalue weighted by Gasteiger charge is 2.25. The molecule has 5 rings (SSSR count). The molecule has 0 amide bonds. The predicted molar refractivity (Wildman–Crippen MR) is 125 cm³/mol. The van der Waals surface area contributed by atoms with Gasteiger partial charge in [0.25, 0.3) is 5.56 Å². The molecular weight excluding hydrogens is 404 g/mol. The van der Waals surface area contributed by atoms with Gasteiger partial charge in [0.2, 0.25) is 5.88 Å². The van der Waals surface area contributed by atoms with E-state index in [-0.39, 0.29) is 11.6 Å². The Morgan fingerprint density at radius 2 is 1.84 bits per heavy atom. The second-order valence-electron chi connectivity index (χ2n) is 8.68. The van der Waals surface area contributed by atoms with Crippen LogP contribution in [0, 0.1) is 13.8 Å². The Bertz CT molecular complexity index is 1360. The number of aromatic nitrogens is 4. The molecule has 0 unspecified atom stereocenters. The van der Waals surface area contributed by atoms with Gasteiger partial charge in [-0.25, -0.2) is 4.98 Å². The standard InChI is InChI=1S/C25H28N4O3/c1-14-12-26-25(32-4)15(2)22(14)16-5-10-19-21(11-16)28-24(30)20-13-27-29(23(19)20)17-6-8-18(31-3)9-7-17/h5,10-13,17-18H,6-9H2,1-4H3,(H,28,30)/t17-,18-. The van der Waals surface area contributed by atoms with Gasteiger partial charge in [0.05, 0.1) is 41.9 Å². The van der Waals surface area contributed by atoms with Crippen molar-refractivity contribution in [1.82, 2.24) is 19.7 Å². The molecule has 166 valence electrons. The molecule has 1 fully saturated rings. The number of ether oxygens (including phenoxy) is 2. The van der Waals surface area contributed by atoms with Gasteiger partial charge in [0.1, 0.15) is 0 Å². The fraction of sp³-hybridized carbons (Fsp3) is 0.400. The molecule has 7 heteroatoms. The summed E-state index contributed by atoms with van der Waals surface area (Å²) in [5.74, 6) is 0.611. The quantitative estimate of drug-likeness (QED) is 0.506. The van der Waals surface area contributed by atoms with Crippen LogP contribution in [-0.2, 0) is 4.74 Å². The molecule has 1 aliphatic carbocycles. The predicted octanol–water partition coefficient (Wildman–Crippen LogP) is 4.70. The normalized spacial score (nSPS) is 19.0. The lowest BCUT2D eigenvalue weighted by atomic mass is 9.92. The molecule has 1 aromatic carbocycles. The Morgan fingerprint density at radius 3 is 2.56 bits per heavy atom. The van der Waals surface area contributed by atoms with Crippen LogP contribution in [-0.4, -0.2) is 40.1 Å². The van der Waals surface area contributed by atoms with Gasteiger partial charge >= 0.3 is 0 Å². The maximum atomic E-state index is 12.9. The summed E-state index contributed by atoms with van der Waals surface area (Å²) in [4.78, 5) is 20.3. The zero-order valence-electron chi connectivity index (χ0n) is 18.9. The van der Waals surface area contributed by atoms with E-state index < -0.39 is 0 Å². The summed E-state index contributed by atoms with van der Waals surface area (Å²) < 4.78 is 13.0. The Kier molecular flexibility index (Phi) is 5.21. The second kappa shape index (κ2) is 8.06. The number of H-pyrrole nitrogens is 1. The van der Waals surface area contributed by atoms with E-state index in [1.807, 2.05) is 26.1 Å². The lowest BCUT2D eigenvalue weighted by Crippen LogP contribution is -2.23. The lowest BCUT2D eigenvalue weighted by Gasteiger charge is -2.28. The van der Waals surface area contributed by atoms with Crippen molar-refractivity contribution in [2.45, 2.75) is 51.7 Å². The first-order valence-corrected chi connectivity index (χ1v) is 11.1. The van der Waals surface area contributed by atoms with Crippen LogP contribution in [0.15, 0.2) is 35.4 Å². The summed E-state index contributed by atoms with van der Waals surface area (Å²) in [5, 5.41) is 6.29. The van der Waals surface area contributed by atoms with Crippen molar-refractivity contribution in [1.29, 1.82) is 0 Å². The third-order valence-corrected chi connectivity index (χ3v) is 6.83. The monoisotopic (exact) mass is 432 g/mol. The molecule has 1 saturated carbocycles. The van der Waals surface area contributed by atoms with Crippen LogP contribution in [0.2, 0.25) is 0 Å². The van der Waals surface area contributed by atoms with Crippen molar-refractivity contribution in [2.75, 3.05) is 14.2 Å². The number of hydrogen-bond acceptors (Lipinski definition) is 5. The number of aromatic amines is 1. The SMILES string of the molecule is COc1ncc(C)c(-c2ccc3c(c2)[nH]c(=O)c2cnn([C@H]4CC[C@H](OC)CC4)c23)c1C. The van der Waals surface area contributed by atoms with Crippen LogP contribution >= 0.6 is 0 Å². The minimum absolute atomic E-state index is 0.109. The maximum Gasteiger partial charge on any atom is 0.259 e. The number of nitrogens with one attached hydrogen (secondary N) is 1. The van der Waals surface area contributed by atoms with Crippen LogP contribution < -0.4 is 10.3 Å². The van der Waals surface area contributed by atoms with E-state index in [2.05, 4.69) is 31.9 Å². The van der Waals surface area contributed by atoms with Crippen LogP contribution in [0.4, 0.5) is 0 Å². The van der Waals surface area contributed by atoms with Gasteiger partial charge in [-0.15, -0.1) is 0 Å². The minimum atomic E-state index is -0.109. The van der Waals surface area contributed by atoms with E-state index in [9.17, 15) is 4.79 Å². The molecule has 0 spiro atoms. The van der Waals surface area contributed by atoms with Gasteiger partial charge in [-0.05, 0) is 62.3 Å². The van der Waals surface area contributed by atoms with E-state index in [4.69, 9.17) is 9.47 Å². The molecule has 3 aromatic heterocycles. The van der Waals surface area contributed by atoms with Gasteiger partial charge in [-0.2, -0.15) is 5.10 Å². The van der Waals surface area contributed by atoms with Crippen molar-refractivity contribution >= 4 is 21.8 Å². The molecule has 0 radical (unpaired) electrons. The van der Waals surface area contributed by atoms with Crippen molar-refractivity contribution in [3.63, 3.8) is 0 Å². The highest BCUT2D eigenvalue weighted by molar-refractivity contribution is 6.04. The van der Waals surface area contributed by atoms with Gasteiger partial charge < -0.3 is 14.5 Å². The summed E-state index contributed by atoms with van der Waals surface area (Å²) in [5.41, 5.74) is 5.75. The van der Waals surface area contributed by atoms with E-state index in [1.54, 1.807) is 20.4 Å². The number of methoxy groups -OCH3 is 2. The van der Waals surface area contributed by atoms with Gasteiger partial charge in [-0.1, -0.05) is 12.1 Å². The first-order chi connectivity index (χ1) is 15.5. The summed E-state index contributed by atoms with van der Waals surface area (Å²) in [6.45, 7) is 4.05. The molecule has 4 aromatic rings. The number of hydrogen-bond donors (Lipinski definition) is 1. The highest BCUT2D eigenvalue weighted by atomic mass is 16.5. The molecule has 1 N–H and O–H groups in total. The van der Waals surface area contributed by atoms with E-state index >= 15 is 0 Å². The fourth-order valence-corrected chi connectivity index (χ4v) is 5.17. The van der Waals surface area contributed by atoms with E-state index in [1.165, 1.54) is 0 Å². The Morgan fingerprint density at radius 1 is 1.06 bits per heavy atom. The first kappa shape index (κ1) is 20.7. The zero-order valence-corrected chi connectivity index (χ0v) is 18.9. The molecule has 3 heterocycles. The van der Waals surface area contributed by atoms with E-state index in [0.717, 1.165) is 64.4 Å². The van der Waals surface area contributed by atoms with Crippen molar-refractivity contribution in [3.05, 3.63) is 52.1 Å². The minimum Gasteiger partial charge on any atom is -0.481 e. The molecule has 1 aliphatic rings. The lowest BCUT2D eigenvalue weighted by molar-refractivity contribution is 0.0574. The zero-order chi connectivity index (χ0) is 22.4. The molecule has 7 nitrogen and oxygen atoms in total. The first-order valence-electron chi connectivity index (χ1n) is 11.1. The third-order valence-electron chi connectivity index (χ3n) is 6.83. The molecule has 0 saturated heterocycles. The van der Waals surface area contributed by atoms with Crippen LogP contribution in [0.25, 0.3) is 32.9 Å². The molecule has 32 heavy (non-hydrogen) atoms.